The van der Waals surface area contributed by atoms with Crippen LogP contribution in [0.3, 0.4) is 0 Å². The number of amides is 1. The van der Waals surface area contributed by atoms with Gasteiger partial charge in [-0.3, -0.25) is 14.7 Å². The summed E-state index contributed by atoms with van der Waals surface area (Å²) >= 11 is 5.89. The number of pyridine rings is 1. The van der Waals surface area contributed by atoms with Crippen molar-refractivity contribution < 1.29 is 13.2 Å². The van der Waals surface area contributed by atoms with E-state index in [1.807, 2.05) is 24.0 Å². The summed E-state index contributed by atoms with van der Waals surface area (Å²) in [4.78, 5) is 18.4. The number of benzene rings is 1. The first-order chi connectivity index (χ1) is 13.4. The topological polar surface area (TPSA) is 82.6 Å². The van der Waals surface area contributed by atoms with E-state index in [-0.39, 0.29) is 23.4 Å². The molecule has 1 fully saturated rings. The number of nitrogens with zero attached hydrogens (tertiary/aromatic N) is 3. The van der Waals surface area contributed by atoms with Gasteiger partial charge in [0.15, 0.2) is 0 Å². The third-order valence-electron chi connectivity index (χ3n) is 4.72. The lowest BCUT2D eigenvalue weighted by atomic mass is 10.1. The van der Waals surface area contributed by atoms with Crippen molar-refractivity contribution in [3.63, 3.8) is 0 Å². The standard InChI is InChI=1S/C19H23ClN4O3S/c1-15(16-4-6-17(20)7-5-16)22-19(25)14-23-9-11-24(12-10-23)28(26,27)18-3-2-8-21-13-18/h2-8,13,15H,9-12,14H2,1H3,(H,22,25). The van der Waals surface area contributed by atoms with E-state index in [4.69, 9.17) is 11.6 Å². The lowest BCUT2D eigenvalue weighted by Crippen LogP contribution is -2.51. The Bertz CT molecular complexity index is 899. The summed E-state index contributed by atoms with van der Waals surface area (Å²) < 4.78 is 26.7. The van der Waals surface area contributed by atoms with Gasteiger partial charge in [-0.2, -0.15) is 4.31 Å². The van der Waals surface area contributed by atoms with Crippen molar-refractivity contribution in [2.24, 2.45) is 0 Å². The van der Waals surface area contributed by atoms with Crippen molar-refractivity contribution in [1.29, 1.82) is 0 Å². The second kappa shape index (κ2) is 9.00. The Hall–Kier alpha value is -2.00. The number of rotatable bonds is 6. The van der Waals surface area contributed by atoms with Crippen molar-refractivity contribution in [2.45, 2.75) is 17.9 Å². The second-order valence-electron chi connectivity index (χ2n) is 6.71. The van der Waals surface area contributed by atoms with Crippen molar-refractivity contribution >= 4 is 27.5 Å². The quantitative estimate of drug-likeness (QED) is 0.769. The third kappa shape index (κ3) is 5.08. The highest BCUT2D eigenvalue weighted by Gasteiger charge is 2.29. The molecule has 9 heteroatoms. The molecule has 1 aromatic carbocycles. The molecule has 3 rings (SSSR count). The molecule has 1 saturated heterocycles. The first-order valence-electron chi connectivity index (χ1n) is 9.03. The van der Waals surface area contributed by atoms with Gasteiger partial charge in [0.2, 0.25) is 15.9 Å². The fraction of sp³-hybridized carbons (Fsp3) is 0.368. The number of piperazine rings is 1. The van der Waals surface area contributed by atoms with Crippen LogP contribution in [0.2, 0.25) is 5.02 Å². The Morgan fingerprint density at radius 3 is 2.46 bits per heavy atom. The van der Waals surface area contributed by atoms with Gasteiger partial charge in [0.1, 0.15) is 4.90 Å². The summed E-state index contributed by atoms with van der Waals surface area (Å²) in [5.41, 5.74) is 0.977. The number of hydrogen-bond donors (Lipinski definition) is 1. The summed E-state index contributed by atoms with van der Waals surface area (Å²) in [6.07, 6.45) is 2.90. The molecule has 2 heterocycles. The summed E-state index contributed by atoms with van der Waals surface area (Å²) in [7, 11) is -3.54. The molecule has 1 N–H and O–H groups in total. The van der Waals surface area contributed by atoms with E-state index in [1.54, 1.807) is 30.5 Å². The van der Waals surface area contributed by atoms with Crippen LogP contribution in [0.15, 0.2) is 53.7 Å². The van der Waals surface area contributed by atoms with Crippen LogP contribution in [0.5, 0.6) is 0 Å². The van der Waals surface area contributed by atoms with Crippen molar-refractivity contribution in [3.8, 4) is 0 Å². The fourth-order valence-corrected chi connectivity index (χ4v) is 4.61. The minimum atomic E-state index is -3.54. The van der Waals surface area contributed by atoms with E-state index in [0.29, 0.717) is 31.2 Å². The van der Waals surface area contributed by atoms with Gasteiger partial charge >= 0.3 is 0 Å². The normalized spacial score (nSPS) is 17.2. The van der Waals surface area contributed by atoms with Gasteiger partial charge < -0.3 is 5.32 Å². The molecule has 0 spiro atoms. The molecule has 1 unspecified atom stereocenters. The number of halogens is 1. The van der Waals surface area contributed by atoms with Crippen LogP contribution >= 0.6 is 11.6 Å². The Balaban J connectivity index is 1.50. The van der Waals surface area contributed by atoms with Gasteiger partial charge in [-0.1, -0.05) is 23.7 Å². The second-order valence-corrected chi connectivity index (χ2v) is 9.08. The Morgan fingerprint density at radius 2 is 1.86 bits per heavy atom. The molecule has 0 radical (unpaired) electrons. The lowest BCUT2D eigenvalue weighted by molar-refractivity contribution is -0.123. The van der Waals surface area contributed by atoms with E-state index in [9.17, 15) is 13.2 Å². The maximum absolute atomic E-state index is 12.6. The molecule has 2 aromatic rings. The Kier molecular flexibility index (Phi) is 6.66. The van der Waals surface area contributed by atoms with Crippen molar-refractivity contribution in [3.05, 3.63) is 59.4 Å². The third-order valence-corrected chi connectivity index (χ3v) is 6.85. The van der Waals surface area contributed by atoms with Crippen LogP contribution in [-0.2, 0) is 14.8 Å². The number of sulfonamides is 1. The number of hydrogen-bond acceptors (Lipinski definition) is 5. The van der Waals surface area contributed by atoms with Gasteiger partial charge in [0.25, 0.3) is 0 Å². The van der Waals surface area contributed by atoms with E-state index in [2.05, 4.69) is 10.3 Å². The molecule has 1 amide bonds. The highest BCUT2D eigenvalue weighted by molar-refractivity contribution is 7.89. The zero-order chi connectivity index (χ0) is 20.1. The average Bonchev–Trinajstić information content (AvgIpc) is 2.69. The minimum Gasteiger partial charge on any atom is -0.348 e. The van der Waals surface area contributed by atoms with Gasteiger partial charge in [0, 0.05) is 43.6 Å². The number of carbonyl (C=O) groups is 1. The predicted molar refractivity (Wildman–Crippen MR) is 107 cm³/mol. The van der Waals surface area contributed by atoms with E-state index < -0.39 is 10.0 Å². The van der Waals surface area contributed by atoms with E-state index >= 15 is 0 Å². The van der Waals surface area contributed by atoms with Crippen molar-refractivity contribution in [1.82, 2.24) is 19.5 Å². The highest BCUT2D eigenvalue weighted by Crippen LogP contribution is 2.17. The van der Waals surface area contributed by atoms with Crippen molar-refractivity contribution in [2.75, 3.05) is 32.7 Å². The van der Waals surface area contributed by atoms with Crippen LogP contribution in [0, 0.1) is 0 Å². The molecular formula is C19H23ClN4O3S. The molecule has 1 atom stereocenters. The summed E-state index contributed by atoms with van der Waals surface area (Å²) in [5.74, 6) is -0.0917. The molecule has 150 valence electrons. The molecule has 1 aromatic heterocycles. The van der Waals surface area contributed by atoms with Crippen LogP contribution < -0.4 is 5.32 Å². The first-order valence-corrected chi connectivity index (χ1v) is 10.9. The van der Waals surface area contributed by atoms with Crippen LogP contribution in [0.1, 0.15) is 18.5 Å². The maximum atomic E-state index is 12.6. The van der Waals surface area contributed by atoms with Gasteiger partial charge in [0.05, 0.1) is 12.6 Å². The van der Waals surface area contributed by atoms with Gasteiger partial charge in [-0.25, -0.2) is 8.42 Å². The summed E-state index contributed by atoms with van der Waals surface area (Å²) in [6, 6.07) is 10.4. The van der Waals surface area contributed by atoms with Gasteiger partial charge in [-0.05, 0) is 36.8 Å². The number of aromatic nitrogens is 1. The molecule has 1 aliphatic rings. The maximum Gasteiger partial charge on any atom is 0.244 e. The number of carbonyl (C=O) groups excluding carboxylic acids is 1. The SMILES string of the molecule is CC(NC(=O)CN1CCN(S(=O)(=O)c2cccnc2)CC1)c1ccc(Cl)cc1. The smallest absolute Gasteiger partial charge is 0.244 e. The summed E-state index contributed by atoms with van der Waals surface area (Å²) in [5, 5.41) is 3.62. The first kappa shape index (κ1) is 20.7. The van der Waals surface area contributed by atoms with Crippen LogP contribution in [0.4, 0.5) is 0 Å². The molecule has 0 bridgehead atoms. The summed E-state index contributed by atoms with van der Waals surface area (Å²) in [6.45, 7) is 3.84. The monoisotopic (exact) mass is 422 g/mol. The molecular weight excluding hydrogens is 400 g/mol. The zero-order valence-electron chi connectivity index (χ0n) is 15.6. The highest BCUT2D eigenvalue weighted by atomic mass is 35.5. The minimum absolute atomic E-state index is 0.0917. The molecule has 0 saturated carbocycles. The Labute approximate surface area is 170 Å². The zero-order valence-corrected chi connectivity index (χ0v) is 17.2. The molecule has 7 nitrogen and oxygen atoms in total. The molecule has 28 heavy (non-hydrogen) atoms. The largest absolute Gasteiger partial charge is 0.348 e. The molecule has 0 aliphatic carbocycles. The predicted octanol–water partition coefficient (Wildman–Crippen LogP) is 1.92. The Morgan fingerprint density at radius 1 is 1.18 bits per heavy atom. The fourth-order valence-electron chi connectivity index (χ4n) is 3.10. The van der Waals surface area contributed by atoms with E-state index in [1.165, 1.54) is 10.5 Å². The van der Waals surface area contributed by atoms with Gasteiger partial charge in [-0.15, -0.1) is 0 Å². The number of nitrogens with one attached hydrogen (secondary N) is 1. The average molecular weight is 423 g/mol. The van der Waals surface area contributed by atoms with Crippen LogP contribution in [-0.4, -0.2) is 61.2 Å². The van der Waals surface area contributed by atoms with E-state index in [0.717, 1.165) is 5.56 Å². The molecule has 1 aliphatic heterocycles. The lowest BCUT2D eigenvalue weighted by Gasteiger charge is -2.33. The van der Waals surface area contributed by atoms with Crippen LogP contribution in [0.25, 0.3) is 0 Å².